The number of hydrogen-bond donors (Lipinski definition) is 1. The molecule has 0 fully saturated rings. The molecule has 2 rings (SSSR count). The van der Waals surface area contributed by atoms with Gasteiger partial charge in [0.15, 0.2) is 0 Å². The highest BCUT2D eigenvalue weighted by Gasteiger charge is 2.28. The Hall–Kier alpha value is -1.50. The minimum Gasteiger partial charge on any atom is -0.354 e. The van der Waals surface area contributed by atoms with Gasteiger partial charge in [0.2, 0.25) is 11.8 Å². The van der Waals surface area contributed by atoms with Crippen molar-refractivity contribution in [2.45, 2.75) is 45.0 Å². The van der Waals surface area contributed by atoms with Gasteiger partial charge >= 0.3 is 0 Å². The quantitative estimate of drug-likeness (QED) is 0.423. The zero-order valence-corrected chi connectivity index (χ0v) is 20.5. The maximum atomic E-state index is 13.2. The summed E-state index contributed by atoms with van der Waals surface area (Å²) < 4.78 is 1.03. The maximum absolute atomic E-state index is 13.2. The van der Waals surface area contributed by atoms with Crippen molar-refractivity contribution in [3.8, 4) is 0 Å². The summed E-state index contributed by atoms with van der Waals surface area (Å²) in [6, 6.07) is 15.0. The molecule has 0 radical (unpaired) electrons. The van der Waals surface area contributed by atoms with Crippen LogP contribution in [-0.4, -0.2) is 35.1 Å². The largest absolute Gasteiger partial charge is 0.354 e. The Morgan fingerprint density at radius 1 is 1.13 bits per heavy atom. The normalized spacial score (nSPS) is 11.7. The van der Waals surface area contributed by atoms with Crippen LogP contribution < -0.4 is 5.32 Å². The van der Waals surface area contributed by atoms with Crippen LogP contribution in [0.4, 0.5) is 0 Å². The molecular weight excluding hydrogens is 484 g/mol. The summed E-state index contributed by atoms with van der Waals surface area (Å²) in [5.74, 6) is 0.865. The van der Waals surface area contributed by atoms with E-state index in [0.29, 0.717) is 30.3 Å². The molecule has 0 saturated heterocycles. The summed E-state index contributed by atoms with van der Waals surface area (Å²) in [6.45, 7) is 4.85. The highest BCUT2D eigenvalue weighted by Crippen LogP contribution is 2.22. The van der Waals surface area contributed by atoms with Gasteiger partial charge in [0.25, 0.3) is 0 Å². The van der Waals surface area contributed by atoms with Gasteiger partial charge in [-0.15, -0.1) is 11.8 Å². The summed E-state index contributed by atoms with van der Waals surface area (Å²) >= 11 is 11.3. The maximum Gasteiger partial charge on any atom is 0.242 e. The molecule has 2 amide bonds. The van der Waals surface area contributed by atoms with Crippen molar-refractivity contribution >= 4 is 51.1 Å². The molecule has 0 spiro atoms. The zero-order chi connectivity index (χ0) is 21.9. The van der Waals surface area contributed by atoms with E-state index in [4.69, 9.17) is 11.6 Å². The smallest absolute Gasteiger partial charge is 0.242 e. The molecule has 0 aliphatic rings. The SMILES string of the molecule is CCCNC(=O)[C@H](CC)N(Cc1ccccc1Cl)C(=O)CSCc1ccc(Br)cc1. The molecule has 0 aliphatic heterocycles. The molecule has 162 valence electrons. The first-order valence-corrected chi connectivity index (χ1v) is 12.4. The molecule has 0 heterocycles. The van der Waals surface area contributed by atoms with Crippen LogP contribution in [0.2, 0.25) is 5.02 Å². The predicted octanol–water partition coefficient (Wildman–Crippen LogP) is 5.67. The van der Waals surface area contributed by atoms with E-state index in [1.807, 2.05) is 56.3 Å². The molecule has 4 nitrogen and oxygen atoms in total. The fourth-order valence-electron chi connectivity index (χ4n) is 3.02. The van der Waals surface area contributed by atoms with E-state index < -0.39 is 6.04 Å². The van der Waals surface area contributed by atoms with E-state index in [2.05, 4.69) is 21.2 Å². The molecule has 1 N–H and O–H groups in total. The molecule has 7 heteroatoms. The second-order valence-electron chi connectivity index (χ2n) is 6.95. The monoisotopic (exact) mass is 510 g/mol. The fraction of sp³-hybridized carbons (Fsp3) is 0.391. The van der Waals surface area contributed by atoms with Crippen molar-refractivity contribution in [3.63, 3.8) is 0 Å². The Labute approximate surface area is 196 Å². The summed E-state index contributed by atoms with van der Waals surface area (Å²) in [6.07, 6.45) is 1.40. The number of thioether (sulfide) groups is 1. The van der Waals surface area contributed by atoms with Crippen molar-refractivity contribution in [3.05, 3.63) is 69.2 Å². The first kappa shape index (κ1) is 24.8. The lowest BCUT2D eigenvalue weighted by atomic mass is 10.1. The molecule has 0 aliphatic carbocycles. The van der Waals surface area contributed by atoms with Gasteiger partial charge in [0, 0.05) is 28.3 Å². The molecule has 0 unspecified atom stereocenters. The molecule has 0 aromatic heterocycles. The van der Waals surface area contributed by atoms with Gasteiger partial charge in [-0.25, -0.2) is 0 Å². The Morgan fingerprint density at radius 3 is 2.47 bits per heavy atom. The van der Waals surface area contributed by atoms with Gasteiger partial charge in [-0.05, 0) is 42.2 Å². The fourth-order valence-corrected chi connectivity index (χ4v) is 4.35. The van der Waals surface area contributed by atoms with Gasteiger partial charge in [-0.1, -0.05) is 71.7 Å². The summed E-state index contributed by atoms with van der Waals surface area (Å²) in [7, 11) is 0. The van der Waals surface area contributed by atoms with Gasteiger partial charge in [0.05, 0.1) is 5.75 Å². The summed E-state index contributed by atoms with van der Waals surface area (Å²) in [5, 5.41) is 3.53. The number of nitrogens with zero attached hydrogens (tertiary/aromatic N) is 1. The van der Waals surface area contributed by atoms with Crippen LogP contribution in [0.25, 0.3) is 0 Å². The number of nitrogens with one attached hydrogen (secondary N) is 1. The molecule has 1 atom stereocenters. The van der Waals surface area contributed by atoms with Crippen LogP contribution in [-0.2, 0) is 21.9 Å². The molecule has 2 aromatic rings. The van der Waals surface area contributed by atoms with Crippen molar-refractivity contribution in [1.29, 1.82) is 0 Å². The third kappa shape index (κ3) is 7.64. The summed E-state index contributed by atoms with van der Waals surface area (Å²) in [4.78, 5) is 27.6. The molecule has 30 heavy (non-hydrogen) atoms. The van der Waals surface area contributed by atoms with Crippen LogP contribution in [0.5, 0.6) is 0 Å². The summed E-state index contributed by atoms with van der Waals surface area (Å²) in [5.41, 5.74) is 1.99. The van der Waals surface area contributed by atoms with Crippen LogP contribution in [0.3, 0.4) is 0 Å². The first-order chi connectivity index (χ1) is 14.5. The number of benzene rings is 2. The highest BCUT2D eigenvalue weighted by molar-refractivity contribution is 9.10. The Morgan fingerprint density at radius 2 is 1.83 bits per heavy atom. The van der Waals surface area contributed by atoms with Gasteiger partial charge in [0.1, 0.15) is 6.04 Å². The minimum atomic E-state index is -0.520. The molecule has 0 saturated carbocycles. The second-order valence-corrected chi connectivity index (χ2v) is 9.26. The van der Waals surface area contributed by atoms with Crippen LogP contribution in [0.1, 0.15) is 37.8 Å². The lowest BCUT2D eigenvalue weighted by Gasteiger charge is -2.31. The number of carbonyl (C=O) groups excluding carboxylic acids is 2. The predicted molar refractivity (Wildman–Crippen MR) is 130 cm³/mol. The lowest BCUT2D eigenvalue weighted by molar-refractivity contribution is -0.139. The van der Waals surface area contributed by atoms with E-state index in [-0.39, 0.29) is 11.8 Å². The lowest BCUT2D eigenvalue weighted by Crippen LogP contribution is -2.49. The third-order valence-corrected chi connectivity index (χ3v) is 6.53. The topological polar surface area (TPSA) is 49.4 Å². The number of rotatable bonds is 11. The van der Waals surface area contributed by atoms with Crippen molar-refractivity contribution < 1.29 is 9.59 Å². The average molecular weight is 512 g/mol. The first-order valence-electron chi connectivity index (χ1n) is 10.1. The molecular formula is C23H28BrClN2O2S. The minimum absolute atomic E-state index is 0.0597. The Kier molecular flexibility index (Phi) is 10.8. The Balaban J connectivity index is 2.11. The number of hydrogen-bond acceptors (Lipinski definition) is 3. The van der Waals surface area contributed by atoms with E-state index in [1.165, 1.54) is 0 Å². The number of halogens is 2. The van der Waals surface area contributed by atoms with Crippen LogP contribution >= 0.6 is 39.3 Å². The van der Waals surface area contributed by atoms with Crippen LogP contribution in [0.15, 0.2) is 53.0 Å². The van der Waals surface area contributed by atoms with Gasteiger partial charge in [-0.2, -0.15) is 0 Å². The van der Waals surface area contributed by atoms with E-state index >= 15 is 0 Å². The standard InChI is InChI=1S/C23H28BrClN2O2S/c1-3-13-26-23(29)21(4-2)27(14-18-7-5-6-8-20(18)25)22(28)16-30-15-17-9-11-19(24)12-10-17/h5-12,21H,3-4,13-16H2,1-2H3,(H,26,29)/t21-/m0/s1. The number of carbonyl (C=O) groups is 2. The van der Waals surface area contributed by atoms with Crippen molar-refractivity contribution in [2.24, 2.45) is 0 Å². The van der Waals surface area contributed by atoms with Crippen LogP contribution in [0, 0.1) is 0 Å². The second kappa shape index (κ2) is 13.0. The highest BCUT2D eigenvalue weighted by atomic mass is 79.9. The Bertz CT molecular complexity index is 832. The van der Waals surface area contributed by atoms with E-state index in [1.54, 1.807) is 22.7 Å². The average Bonchev–Trinajstić information content (AvgIpc) is 2.74. The van der Waals surface area contributed by atoms with Crippen molar-refractivity contribution in [1.82, 2.24) is 10.2 Å². The van der Waals surface area contributed by atoms with E-state index in [0.717, 1.165) is 27.8 Å². The van der Waals surface area contributed by atoms with Crippen molar-refractivity contribution in [2.75, 3.05) is 12.3 Å². The molecule has 2 aromatic carbocycles. The zero-order valence-electron chi connectivity index (χ0n) is 17.4. The van der Waals surface area contributed by atoms with Gasteiger partial charge in [-0.3, -0.25) is 9.59 Å². The van der Waals surface area contributed by atoms with E-state index in [9.17, 15) is 9.59 Å². The number of amides is 2. The van der Waals surface area contributed by atoms with Gasteiger partial charge < -0.3 is 10.2 Å². The molecule has 0 bridgehead atoms. The third-order valence-electron chi connectivity index (χ3n) is 4.64.